The second kappa shape index (κ2) is 8.31. The number of imide groups is 1. The Morgan fingerprint density at radius 3 is 2.30 bits per heavy atom. The van der Waals surface area contributed by atoms with Crippen LogP contribution in [0.3, 0.4) is 0 Å². The molecular weight excluding hydrogens is 362 g/mol. The molecule has 0 saturated heterocycles. The van der Waals surface area contributed by atoms with Gasteiger partial charge < -0.3 is 9.47 Å². The van der Waals surface area contributed by atoms with Crippen molar-refractivity contribution < 1.29 is 19.1 Å². The van der Waals surface area contributed by atoms with Crippen LogP contribution in [0.25, 0.3) is 5.57 Å². The van der Waals surface area contributed by atoms with Crippen LogP contribution < -0.4 is 14.4 Å². The van der Waals surface area contributed by atoms with Crippen molar-refractivity contribution in [2.75, 3.05) is 24.4 Å². The minimum Gasteiger partial charge on any atom is -0.496 e. The molecule has 140 valence electrons. The molecule has 0 N–H and O–H groups in total. The number of amides is 2. The van der Waals surface area contributed by atoms with Gasteiger partial charge in [0.25, 0.3) is 11.8 Å². The van der Waals surface area contributed by atoms with Crippen molar-refractivity contribution in [1.29, 1.82) is 0 Å². The van der Waals surface area contributed by atoms with Gasteiger partial charge in [-0.1, -0.05) is 25.1 Å². The maximum absolute atomic E-state index is 13.2. The van der Waals surface area contributed by atoms with Crippen molar-refractivity contribution in [3.05, 3.63) is 59.0 Å². The van der Waals surface area contributed by atoms with Crippen LogP contribution in [0.4, 0.5) is 5.69 Å². The molecule has 0 unspecified atom stereocenters. The molecule has 0 atom stereocenters. The Kier molecular flexibility index (Phi) is 5.86. The molecule has 1 aliphatic heterocycles. The van der Waals surface area contributed by atoms with Gasteiger partial charge in [0.15, 0.2) is 0 Å². The molecule has 5 nitrogen and oxygen atoms in total. The third-order valence-corrected chi connectivity index (χ3v) is 5.07. The summed E-state index contributed by atoms with van der Waals surface area (Å²) in [5.41, 5.74) is 1.54. The third kappa shape index (κ3) is 3.57. The van der Waals surface area contributed by atoms with Crippen LogP contribution in [0.1, 0.15) is 19.4 Å². The number of para-hydroxylation sites is 1. The maximum atomic E-state index is 13.2. The van der Waals surface area contributed by atoms with E-state index in [9.17, 15) is 9.59 Å². The van der Waals surface area contributed by atoms with E-state index in [-0.39, 0.29) is 11.8 Å². The number of hydrogen-bond acceptors (Lipinski definition) is 5. The third-order valence-electron chi connectivity index (χ3n) is 4.11. The molecule has 6 heteroatoms. The van der Waals surface area contributed by atoms with Crippen LogP contribution in [-0.4, -0.2) is 31.3 Å². The number of ether oxygens (including phenoxy) is 2. The van der Waals surface area contributed by atoms with Crippen molar-refractivity contribution in [1.82, 2.24) is 0 Å². The first-order valence-electron chi connectivity index (χ1n) is 8.74. The summed E-state index contributed by atoms with van der Waals surface area (Å²) in [6.45, 7) is 4.41. The summed E-state index contributed by atoms with van der Waals surface area (Å²) in [6, 6.07) is 14.2. The predicted octanol–water partition coefficient (Wildman–Crippen LogP) is 4.13. The number of hydrogen-bond donors (Lipinski definition) is 0. The lowest BCUT2D eigenvalue weighted by Crippen LogP contribution is -2.31. The Morgan fingerprint density at radius 1 is 0.963 bits per heavy atom. The molecule has 0 saturated carbocycles. The second-order valence-corrected chi connectivity index (χ2v) is 6.98. The fourth-order valence-electron chi connectivity index (χ4n) is 2.97. The van der Waals surface area contributed by atoms with Gasteiger partial charge in [-0.25, -0.2) is 4.90 Å². The van der Waals surface area contributed by atoms with E-state index in [4.69, 9.17) is 9.47 Å². The summed E-state index contributed by atoms with van der Waals surface area (Å²) in [4.78, 5) is 27.9. The summed E-state index contributed by atoms with van der Waals surface area (Å²) in [5, 5.41) is 0. The van der Waals surface area contributed by atoms with Gasteiger partial charge in [0.2, 0.25) is 0 Å². The van der Waals surface area contributed by atoms with E-state index < -0.39 is 0 Å². The molecule has 0 fully saturated rings. The van der Waals surface area contributed by atoms with Gasteiger partial charge in [-0.15, -0.1) is 11.8 Å². The van der Waals surface area contributed by atoms with Gasteiger partial charge in [-0.05, 0) is 43.0 Å². The number of rotatable bonds is 7. The van der Waals surface area contributed by atoms with Crippen LogP contribution in [0.15, 0.2) is 53.4 Å². The van der Waals surface area contributed by atoms with Crippen LogP contribution in [0.2, 0.25) is 0 Å². The monoisotopic (exact) mass is 383 g/mol. The van der Waals surface area contributed by atoms with Crippen LogP contribution in [-0.2, 0) is 9.59 Å². The molecule has 0 spiro atoms. The van der Waals surface area contributed by atoms with Gasteiger partial charge in [0.1, 0.15) is 11.5 Å². The zero-order valence-electron chi connectivity index (χ0n) is 15.5. The molecule has 2 aromatic carbocycles. The smallest absolute Gasteiger partial charge is 0.272 e. The number of carbonyl (C=O) groups excluding carboxylic acids is 2. The molecule has 2 aromatic rings. The molecular formula is C21H21NO4S. The molecule has 2 amide bonds. The normalized spacial score (nSPS) is 14.1. The van der Waals surface area contributed by atoms with E-state index in [2.05, 4.69) is 0 Å². The van der Waals surface area contributed by atoms with Crippen LogP contribution in [0, 0.1) is 0 Å². The van der Waals surface area contributed by atoms with Gasteiger partial charge in [0, 0.05) is 5.56 Å². The number of methoxy groups -OCH3 is 1. The Balaban J connectivity index is 2.04. The standard InChI is InChI=1S/C21H21NO4S/c1-4-26-15-12-10-14(11-13-15)22-20(23)18(19(21(22)24)27-5-2)16-8-6-7-9-17(16)25-3/h6-13H,4-5H2,1-3H3. The van der Waals surface area contributed by atoms with Gasteiger partial charge in [-0.3, -0.25) is 9.59 Å². The Hall–Kier alpha value is -2.73. The predicted molar refractivity (Wildman–Crippen MR) is 108 cm³/mol. The van der Waals surface area contributed by atoms with Crippen molar-refractivity contribution in [2.45, 2.75) is 13.8 Å². The van der Waals surface area contributed by atoms with E-state index in [1.807, 2.05) is 26.0 Å². The van der Waals surface area contributed by atoms with Gasteiger partial charge in [-0.2, -0.15) is 0 Å². The lowest BCUT2D eigenvalue weighted by molar-refractivity contribution is -0.119. The Bertz CT molecular complexity index is 889. The van der Waals surface area contributed by atoms with E-state index in [0.717, 1.165) is 0 Å². The van der Waals surface area contributed by atoms with E-state index in [1.54, 1.807) is 43.5 Å². The average molecular weight is 383 g/mol. The fourth-order valence-corrected chi connectivity index (χ4v) is 3.81. The first-order valence-corrected chi connectivity index (χ1v) is 9.73. The zero-order valence-corrected chi connectivity index (χ0v) is 16.3. The summed E-state index contributed by atoms with van der Waals surface area (Å²) >= 11 is 1.37. The number of nitrogens with zero attached hydrogens (tertiary/aromatic N) is 1. The second-order valence-electron chi connectivity index (χ2n) is 5.71. The molecule has 0 bridgehead atoms. The molecule has 3 rings (SSSR count). The largest absolute Gasteiger partial charge is 0.496 e. The van der Waals surface area contributed by atoms with E-state index in [0.29, 0.717) is 45.6 Å². The van der Waals surface area contributed by atoms with Crippen molar-refractivity contribution in [3.63, 3.8) is 0 Å². The molecule has 27 heavy (non-hydrogen) atoms. The van der Waals surface area contributed by atoms with Gasteiger partial charge in [0.05, 0.1) is 29.9 Å². The molecule has 1 heterocycles. The zero-order chi connectivity index (χ0) is 19.4. The summed E-state index contributed by atoms with van der Waals surface area (Å²) in [5.74, 6) is 1.30. The summed E-state index contributed by atoms with van der Waals surface area (Å²) in [7, 11) is 1.55. The van der Waals surface area contributed by atoms with Crippen LogP contribution >= 0.6 is 11.8 Å². The Labute approximate surface area is 163 Å². The molecule has 0 aliphatic carbocycles. The van der Waals surface area contributed by atoms with Crippen molar-refractivity contribution in [3.8, 4) is 11.5 Å². The highest BCUT2D eigenvalue weighted by Crippen LogP contribution is 2.41. The number of anilines is 1. The van der Waals surface area contributed by atoms with Crippen LogP contribution in [0.5, 0.6) is 11.5 Å². The highest BCUT2D eigenvalue weighted by Gasteiger charge is 2.40. The molecule has 0 radical (unpaired) electrons. The molecule has 0 aromatic heterocycles. The van der Waals surface area contributed by atoms with Crippen molar-refractivity contribution in [2.24, 2.45) is 0 Å². The summed E-state index contributed by atoms with van der Waals surface area (Å²) < 4.78 is 10.8. The average Bonchev–Trinajstić information content (AvgIpc) is 2.93. The Morgan fingerprint density at radius 2 is 1.67 bits per heavy atom. The maximum Gasteiger partial charge on any atom is 0.272 e. The minimum absolute atomic E-state index is 0.308. The van der Waals surface area contributed by atoms with Gasteiger partial charge >= 0.3 is 0 Å². The topological polar surface area (TPSA) is 55.8 Å². The first-order chi connectivity index (χ1) is 13.1. The minimum atomic E-state index is -0.343. The lowest BCUT2D eigenvalue weighted by Gasteiger charge is -2.16. The lowest BCUT2D eigenvalue weighted by atomic mass is 10.0. The van der Waals surface area contributed by atoms with E-state index in [1.165, 1.54) is 16.7 Å². The number of thioether (sulfide) groups is 1. The van der Waals surface area contributed by atoms with Crippen molar-refractivity contribution >= 4 is 34.8 Å². The summed E-state index contributed by atoms with van der Waals surface area (Å²) in [6.07, 6.45) is 0. The fraction of sp³-hybridized carbons (Fsp3) is 0.238. The van der Waals surface area contributed by atoms with E-state index >= 15 is 0 Å². The first kappa shape index (κ1) is 19.0. The SMILES string of the molecule is CCOc1ccc(N2C(=O)C(SCC)=C(c3ccccc3OC)C2=O)cc1. The molecule has 1 aliphatic rings. The quantitative estimate of drug-likeness (QED) is 0.673. The number of benzene rings is 2. The highest BCUT2D eigenvalue weighted by molar-refractivity contribution is 8.04. The highest BCUT2D eigenvalue weighted by atomic mass is 32.2. The number of carbonyl (C=O) groups is 2.